The molecule has 1 saturated heterocycles. The van der Waals surface area contributed by atoms with Gasteiger partial charge in [0.25, 0.3) is 10.0 Å². The highest BCUT2D eigenvalue weighted by atomic mass is 32.2. The van der Waals surface area contributed by atoms with Gasteiger partial charge in [0.1, 0.15) is 17.5 Å². The number of rotatable bonds is 10. The van der Waals surface area contributed by atoms with Gasteiger partial charge in [0.2, 0.25) is 5.91 Å². The second-order valence-electron chi connectivity index (χ2n) is 10.7. The number of ether oxygens (including phenoxy) is 2. The van der Waals surface area contributed by atoms with Gasteiger partial charge in [-0.1, -0.05) is 30.7 Å². The summed E-state index contributed by atoms with van der Waals surface area (Å²) in [5, 5.41) is 3.16. The Kier molecular flexibility index (Phi) is 8.69. The number of fused-ring (bicyclic) bond motifs is 1. The van der Waals surface area contributed by atoms with E-state index in [0.717, 1.165) is 19.3 Å². The molecule has 0 bridgehead atoms. The van der Waals surface area contributed by atoms with Gasteiger partial charge in [0, 0.05) is 36.0 Å². The maximum atomic E-state index is 13.8. The lowest BCUT2D eigenvalue weighted by Crippen LogP contribution is -2.49. The first-order valence-corrected chi connectivity index (χ1v) is 15.5. The molecule has 1 fully saturated rings. The summed E-state index contributed by atoms with van der Waals surface area (Å²) in [7, 11) is -1.10. The molecule has 4 aromatic rings. The number of primary amides is 1. The van der Waals surface area contributed by atoms with Gasteiger partial charge in [-0.05, 0) is 56.5 Å². The van der Waals surface area contributed by atoms with Crippen LogP contribution < -0.4 is 25.2 Å². The van der Waals surface area contributed by atoms with Crippen LogP contribution in [0.2, 0.25) is 0 Å². The van der Waals surface area contributed by atoms with E-state index in [0.29, 0.717) is 33.8 Å². The van der Waals surface area contributed by atoms with Crippen molar-refractivity contribution in [1.29, 1.82) is 0 Å². The Labute approximate surface area is 251 Å². The Morgan fingerprint density at radius 2 is 1.51 bits per heavy atom. The molecule has 11 nitrogen and oxygen atoms in total. The van der Waals surface area contributed by atoms with Crippen LogP contribution in [0, 0.1) is 0 Å². The minimum Gasteiger partial charge on any atom is -0.497 e. The number of carbonyl (C=O) groups excluding carboxylic acids is 1. The number of benzene rings is 3. The number of likely N-dealkylation sites (tertiary alicyclic amines) is 1. The Morgan fingerprint density at radius 3 is 2.09 bits per heavy atom. The molecule has 1 aliphatic rings. The van der Waals surface area contributed by atoms with Crippen LogP contribution >= 0.6 is 0 Å². The van der Waals surface area contributed by atoms with E-state index in [1.807, 2.05) is 6.07 Å². The number of methoxy groups -OCH3 is 2. The summed E-state index contributed by atoms with van der Waals surface area (Å²) < 4.78 is 41.0. The summed E-state index contributed by atoms with van der Waals surface area (Å²) in [6, 6.07) is 18.1. The van der Waals surface area contributed by atoms with Crippen molar-refractivity contribution in [3.05, 3.63) is 72.3 Å². The standard InChI is InChI=1S/C31H36N6O5S/c1-19-9-7-10-20(2)37(19)28(29(32)38)21-11-8-12-25(15-21)43(39,40)36-31-30(34-26-13-5-6-14-27(26)35-31)33-22-16-23(41-3)18-24(17-22)42-4/h5-6,8,11-20,28H,7,9-10H2,1-4H3,(H2,32,38)(H,33,34)(H,35,36). The molecular formula is C31H36N6O5S. The zero-order chi connectivity index (χ0) is 30.7. The lowest BCUT2D eigenvalue weighted by atomic mass is 9.92. The molecule has 5 rings (SSSR count). The Morgan fingerprint density at radius 1 is 0.907 bits per heavy atom. The van der Waals surface area contributed by atoms with Crippen molar-refractivity contribution in [2.24, 2.45) is 5.73 Å². The third-order valence-electron chi connectivity index (χ3n) is 7.73. The zero-order valence-electron chi connectivity index (χ0n) is 24.6. The number of carbonyl (C=O) groups is 1. The van der Waals surface area contributed by atoms with Gasteiger partial charge in [-0.25, -0.2) is 18.4 Å². The average Bonchev–Trinajstić information content (AvgIpc) is 2.98. The van der Waals surface area contributed by atoms with Gasteiger partial charge in [0.15, 0.2) is 11.6 Å². The topological polar surface area (TPSA) is 149 Å². The number of nitrogens with two attached hydrogens (primary N) is 1. The number of nitrogens with zero attached hydrogens (tertiary/aromatic N) is 3. The normalized spacial score (nSPS) is 18.1. The van der Waals surface area contributed by atoms with Gasteiger partial charge < -0.3 is 20.5 Å². The van der Waals surface area contributed by atoms with Crippen LogP contribution in [-0.2, 0) is 14.8 Å². The summed E-state index contributed by atoms with van der Waals surface area (Å²) in [5.74, 6) is 0.728. The van der Waals surface area contributed by atoms with Gasteiger partial charge >= 0.3 is 0 Å². The van der Waals surface area contributed by atoms with E-state index < -0.39 is 22.0 Å². The van der Waals surface area contributed by atoms with Crippen molar-refractivity contribution in [3.63, 3.8) is 0 Å². The monoisotopic (exact) mass is 604 g/mol. The molecular weight excluding hydrogens is 568 g/mol. The Hall–Kier alpha value is -4.42. The lowest BCUT2D eigenvalue weighted by Gasteiger charge is -2.43. The number of aromatic nitrogens is 2. The Balaban J connectivity index is 1.53. The molecule has 3 aromatic carbocycles. The van der Waals surface area contributed by atoms with E-state index in [9.17, 15) is 13.2 Å². The van der Waals surface area contributed by atoms with Crippen LogP contribution in [-0.4, -0.2) is 55.5 Å². The first kappa shape index (κ1) is 30.1. The maximum Gasteiger partial charge on any atom is 0.263 e. The first-order chi connectivity index (χ1) is 20.6. The van der Waals surface area contributed by atoms with Crippen LogP contribution in [0.4, 0.5) is 17.3 Å². The number of amides is 1. The van der Waals surface area contributed by atoms with E-state index in [1.54, 1.807) is 48.5 Å². The van der Waals surface area contributed by atoms with E-state index in [4.69, 9.17) is 15.2 Å². The van der Waals surface area contributed by atoms with Gasteiger partial charge in [0.05, 0.1) is 30.1 Å². The van der Waals surface area contributed by atoms with Crippen molar-refractivity contribution in [2.45, 2.75) is 56.1 Å². The molecule has 1 aliphatic heterocycles. The van der Waals surface area contributed by atoms with Crippen molar-refractivity contribution in [1.82, 2.24) is 14.9 Å². The summed E-state index contributed by atoms with van der Waals surface area (Å²) in [6.45, 7) is 4.14. The summed E-state index contributed by atoms with van der Waals surface area (Å²) >= 11 is 0. The summed E-state index contributed by atoms with van der Waals surface area (Å²) in [6.07, 6.45) is 2.93. The molecule has 12 heteroatoms. The molecule has 0 saturated carbocycles. The number of hydrogen-bond acceptors (Lipinski definition) is 9. The quantitative estimate of drug-likeness (QED) is 0.228. The lowest BCUT2D eigenvalue weighted by molar-refractivity contribution is -0.126. The Bertz CT molecular complexity index is 1720. The van der Waals surface area contributed by atoms with Crippen LogP contribution in [0.5, 0.6) is 11.5 Å². The summed E-state index contributed by atoms with van der Waals surface area (Å²) in [4.78, 5) is 24.0. The number of piperidine rings is 1. The van der Waals surface area contributed by atoms with Crippen LogP contribution in [0.15, 0.2) is 71.6 Å². The minimum atomic E-state index is -4.17. The summed E-state index contributed by atoms with van der Waals surface area (Å²) in [5.41, 5.74) is 8.05. The molecule has 0 spiro atoms. The first-order valence-electron chi connectivity index (χ1n) is 14.1. The van der Waals surface area contributed by atoms with Crippen molar-refractivity contribution >= 4 is 44.3 Å². The van der Waals surface area contributed by atoms with Gasteiger partial charge in [-0.3, -0.25) is 14.4 Å². The minimum absolute atomic E-state index is 0.00406. The van der Waals surface area contributed by atoms with Crippen LogP contribution in [0.1, 0.15) is 44.7 Å². The fourth-order valence-corrected chi connectivity index (χ4v) is 6.71. The van der Waals surface area contributed by atoms with E-state index in [1.165, 1.54) is 26.4 Å². The molecule has 4 N–H and O–H groups in total. The third-order valence-corrected chi connectivity index (χ3v) is 9.07. The number of hydrogen-bond donors (Lipinski definition) is 3. The molecule has 0 aliphatic carbocycles. The molecule has 1 amide bonds. The number of para-hydroxylation sites is 2. The number of nitrogens with one attached hydrogen (secondary N) is 2. The van der Waals surface area contributed by atoms with Crippen LogP contribution in [0.25, 0.3) is 11.0 Å². The molecule has 43 heavy (non-hydrogen) atoms. The second-order valence-corrected chi connectivity index (χ2v) is 12.4. The van der Waals surface area contributed by atoms with Gasteiger partial charge in [-0.2, -0.15) is 0 Å². The number of sulfonamides is 1. The van der Waals surface area contributed by atoms with Crippen molar-refractivity contribution < 1.29 is 22.7 Å². The largest absolute Gasteiger partial charge is 0.497 e. The third kappa shape index (κ3) is 6.50. The average molecular weight is 605 g/mol. The predicted molar refractivity (Wildman–Crippen MR) is 166 cm³/mol. The van der Waals surface area contributed by atoms with E-state index >= 15 is 0 Å². The maximum absolute atomic E-state index is 13.8. The molecule has 226 valence electrons. The highest BCUT2D eigenvalue weighted by molar-refractivity contribution is 7.92. The van der Waals surface area contributed by atoms with E-state index in [2.05, 4.69) is 38.8 Å². The fraction of sp³-hybridized carbons (Fsp3) is 0.323. The van der Waals surface area contributed by atoms with Crippen molar-refractivity contribution in [2.75, 3.05) is 24.3 Å². The fourth-order valence-electron chi connectivity index (χ4n) is 5.65. The van der Waals surface area contributed by atoms with Crippen LogP contribution in [0.3, 0.4) is 0 Å². The zero-order valence-corrected chi connectivity index (χ0v) is 25.4. The highest BCUT2D eigenvalue weighted by Crippen LogP contribution is 2.35. The predicted octanol–water partition coefficient (Wildman–Crippen LogP) is 4.98. The van der Waals surface area contributed by atoms with E-state index in [-0.39, 0.29) is 28.6 Å². The van der Waals surface area contributed by atoms with Gasteiger partial charge in [-0.15, -0.1) is 0 Å². The number of anilines is 3. The molecule has 0 radical (unpaired) electrons. The SMILES string of the molecule is COc1cc(Nc2nc3ccccc3nc2NS(=O)(=O)c2cccc(C(C(N)=O)N3C(C)CCCC3C)c2)cc(OC)c1. The second kappa shape index (κ2) is 12.4. The molecule has 2 heterocycles. The highest BCUT2D eigenvalue weighted by Gasteiger charge is 2.35. The molecule has 3 atom stereocenters. The molecule has 1 aromatic heterocycles. The smallest absolute Gasteiger partial charge is 0.263 e. The van der Waals surface area contributed by atoms with Crippen molar-refractivity contribution in [3.8, 4) is 11.5 Å². The molecule has 3 unspecified atom stereocenters.